The second-order valence-electron chi connectivity index (χ2n) is 4.05. The van der Waals surface area contributed by atoms with Crippen LogP contribution in [0.4, 0.5) is 0 Å². The van der Waals surface area contributed by atoms with Crippen molar-refractivity contribution in [2.24, 2.45) is 0 Å². The Bertz CT molecular complexity index is 428. The summed E-state index contributed by atoms with van der Waals surface area (Å²) in [7, 11) is 0. The fourth-order valence-corrected chi connectivity index (χ4v) is 1.83. The van der Waals surface area contributed by atoms with Crippen molar-refractivity contribution >= 4 is 23.6 Å². The van der Waals surface area contributed by atoms with Gasteiger partial charge in [-0.25, -0.2) is 4.79 Å². The predicted octanol–water partition coefficient (Wildman–Crippen LogP) is 3.24. The number of likely N-dealkylation sites (N-methyl/N-ethyl adjacent to an activating group) is 1. The average Bonchev–Trinajstić information content (AvgIpc) is 2.43. The lowest BCUT2D eigenvalue weighted by Crippen LogP contribution is -2.27. The van der Waals surface area contributed by atoms with Crippen molar-refractivity contribution in [3.63, 3.8) is 0 Å². The number of carbonyl (C=O) groups excluding carboxylic acids is 1. The highest BCUT2D eigenvalue weighted by Crippen LogP contribution is 2.16. The molecule has 0 amide bonds. The number of hydrogen-bond donors (Lipinski definition) is 0. The van der Waals surface area contributed by atoms with E-state index in [4.69, 9.17) is 16.3 Å². The summed E-state index contributed by atoms with van der Waals surface area (Å²) in [6.45, 7) is 7.27. The minimum Gasteiger partial charge on any atom is -0.461 e. The Morgan fingerprint density at radius 3 is 2.63 bits per heavy atom. The van der Waals surface area contributed by atoms with E-state index in [1.54, 1.807) is 12.1 Å². The molecule has 0 N–H and O–H groups in total. The van der Waals surface area contributed by atoms with Gasteiger partial charge >= 0.3 is 5.97 Å². The topological polar surface area (TPSA) is 29.5 Å². The van der Waals surface area contributed by atoms with Gasteiger partial charge in [0.05, 0.1) is 0 Å². The first kappa shape index (κ1) is 15.7. The largest absolute Gasteiger partial charge is 0.461 e. The van der Waals surface area contributed by atoms with E-state index in [0.29, 0.717) is 11.6 Å². The van der Waals surface area contributed by atoms with Crippen LogP contribution in [0.15, 0.2) is 30.3 Å². The molecule has 0 bridgehead atoms. The summed E-state index contributed by atoms with van der Waals surface area (Å²) in [6, 6.07) is 7.36. The van der Waals surface area contributed by atoms with Crippen LogP contribution in [0.2, 0.25) is 5.02 Å². The van der Waals surface area contributed by atoms with Crippen LogP contribution in [0.5, 0.6) is 0 Å². The molecule has 4 heteroatoms. The summed E-state index contributed by atoms with van der Waals surface area (Å²) in [4.78, 5) is 13.7. The van der Waals surface area contributed by atoms with Gasteiger partial charge in [-0.15, -0.1) is 0 Å². The Balaban J connectivity index is 2.37. The Morgan fingerprint density at radius 1 is 1.32 bits per heavy atom. The summed E-state index contributed by atoms with van der Waals surface area (Å²) in [5.74, 6) is -0.341. The fourth-order valence-electron chi connectivity index (χ4n) is 1.63. The van der Waals surface area contributed by atoms with E-state index in [1.165, 1.54) is 6.08 Å². The summed E-state index contributed by atoms with van der Waals surface area (Å²) < 4.78 is 5.13. The molecule has 104 valence electrons. The van der Waals surface area contributed by atoms with Crippen molar-refractivity contribution in [3.05, 3.63) is 40.9 Å². The van der Waals surface area contributed by atoms with Crippen molar-refractivity contribution in [1.29, 1.82) is 0 Å². The van der Waals surface area contributed by atoms with Crippen molar-refractivity contribution in [2.45, 2.75) is 13.8 Å². The molecule has 1 aromatic rings. The normalized spacial score (nSPS) is 11.2. The van der Waals surface area contributed by atoms with E-state index in [9.17, 15) is 4.79 Å². The zero-order valence-electron chi connectivity index (χ0n) is 11.4. The van der Waals surface area contributed by atoms with Crippen molar-refractivity contribution in [3.8, 4) is 0 Å². The Morgan fingerprint density at radius 2 is 2.00 bits per heavy atom. The Labute approximate surface area is 119 Å². The maximum absolute atomic E-state index is 11.5. The third-order valence-electron chi connectivity index (χ3n) is 2.85. The molecule has 0 saturated carbocycles. The minimum atomic E-state index is -0.341. The van der Waals surface area contributed by atoms with Gasteiger partial charge in [-0.05, 0) is 30.8 Å². The average molecular weight is 282 g/mol. The number of benzene rings is 1. The number of nitrogens with zero attached hydrogens (tertiary/aromatic N) is 1. The monoisotopic (exact) mass is 281 g/mol. The summed E-state index contributed by atoms with van der Waals surface area (Å²) in [6.07, 6.45) is 3.07. The Kier molecular flexibility index (Phi) is 7.23. The van der Waals surface area contributed by atoms with Gasteiger partial charge in [0.25, 0.3) is 0 Å². The van der Waals surface area contributed by atoms with Gasteiger partial charge in [-0.1, -0.05) is 43.6 Å². The van der Waals surface area contributed by atoms with Gasteiger partial charge in [-0.3, -0.25) is 0 Å². The minimum absolute atomic E-state index is 0.341. The van der Waals surface area contributed by atoms with Gasteiger partial charge in [0.15, 0.2) is 0 Å². The number of halogens is 1. The van der Waals surface area contributed by atoms with Crippen LogP contribution in [0.3, 0.4) is 0 Å². The highest BCUT2D eigenvalue weighted by Gasteiger charge is 2.02. The van der Waals surface area contributed by atoms with Crippen LogP contribution in [0.25, 0.3) is 6.08 Å². The molecule has 19 heavy (non-hydrogen) atoms. The Hall–Kier alpha value is -1.32. The highest BCUT2D eigenvalue weighted by molar-refractivity contribution is 6.32. The molecular weight excluding hydrogens is 262 g/mol. The quantitative estimate of drug-likeness (QED) is 0.568. The van der Waals surface area contributed by atoms with Crippen molar-refractivity contribution in [2.75, 3.05) is 26.2 Å². The molecule has 1 rings (SSSR count). The number of hydrogen-bond acceptors (Lipinski definition) is 3. The van der Waals surface area contributed by atoms with Crippen molar-refractivity contribution in [1.82, 2.24) is 4.90 Å². The van der Waals surface area contributed by atoms with Crippen LogP contribution >= 0.6 is 11.6 Å². The van der Waals surface area contributed by atoms with E-state index >= 15 is 0 Å². The summed E-state index contributed by atoms with van der Waals surface area (Å²) in [5, 5.41) is 0.620. The summed E-state index contributed by atoms with van der Waals surface area (Å²) in [5.41, 5.74) is 0.810. The van der Waals surface area contributed by atoms with E-state index in [-0.39, 0.29) is 5.97 Å². The van der Waals surface area contributed by atoms with Crippen LogP contribution in [-0.2, 0) is 9.53 Å². The third kappa shape index (κ3) is 5.90. The lowest BCUT2D eigenvalue weighted by Gasteiger charge is -2.16. The third-order valence-corrected chi connectivity index (χ3v) is 3.19. The number of esters is 1. The molecule has 0 heterocycles. The van der Waals surface area contributed by atoms with Gasteiger partial charge in [0.1, 0.15) is 6.61 Å². The number of rotatable bonds is 7. The highest BCUT2D eigenvalue weighted by atomic mass is 35.5. The second kappa shape index (κ2) is 8.73. The lowest BCUT2D eigenvalue weighted by atomic mass is 10.2. The molecule has 0 unspecified atom stereocenters. The maximum Gasteiger partial charge on any atom is 0.330 e. The first-order chi connectivity index (χ1) is 9.17. The molecule has 0 aliphatic rings. The molecule has 0 aliphatic carbocycles. The van der Waals surface area contributed by atoms with E-state index in [0.717, 1.165) is 25.2 Å². The van der Waals surface area contributed by atoms with E-state index in [1.807, 2.05) is 18.2 Å². The molecule has 0 fully saturated rings. The van der Waals surface area contributed by atoms with Crippen molar-refractivity contribution < 1.29 is 9.53 Å². The second-order valence-corrected chi connectivity index (χ2v) is 4.46. The van der Waals surface area contributed by atoms with Crippen LogP contribution in [0.1, 0.15) is 19.4 Å². The van der Waals surface area contributed by atoms with Gasteiger partial charge < -0.3 is 9.64 Å². The van der Waals surface area contributed by atoms with Gasteiger partial charge in [-0.2, -0.15) is 0 Å². The smallest absolute Gasteiger partial charge is 0.330 e. The van der Waals surface area contributed by atoms with E-state index < -0.39 is 0 Å². The zero-order chi connectivity index (χ0) is 14.1. The SMILES string of the molecule is CCN(CC)CCOC(=O)/C=C/c1ccccc1Cl. The summed E-state index contributed by atoms with van der Waals surface area (Å²) >= 11 is 5.98. The fraction of sp³-hybridized carbons (Fsp3) is 0.400. The van der Waals surface area contributed by atoms with E-state index in [2.05, 4.69) is 18.7 Å². The van der Waals surface area contributed by atoms with Crippen LogP contribution in [0, 0.1) is 0 Å². The lowest BCUT2D eigenvalue weighted by molar-refractivity contribution is -0.138. The number of ether oxygens (including phenoxy) is 1. The molecule has 0 aliphatic heterocycles. The molecule has 1 aromatic carbocycles. The predicted molar refractivity (Wildman–Crippen MR) is 79.2 cm³/mol. The van der Waals surface area contributed by atoms with Crippen LogP contribution < -0.4 is 0 Å². The molecule has 3 nitrogen and oxygen atoms in total. The zero-order valence-corrected chi connectivity index (χ0v) is 12.2. The van der Waals surface area contributed by atoms with Crippen LogP contribution in [-0.4, -0.2) is 37.1 Å². The number of carbonyl (C=O) groups is 1. The van der Waals surface area contributed by atoms with Gasteiger partial charge in [0, 0.05) is 17.6 Å². The molecule has 0 saturated heterocycles. The molecule has 0 radical (unpaired) electrons. The first-order valence-corrected chi connectivity index (χ1v) is 6.86. The maximum atomic E-state index is 11.5. The molecule has 0 spiro atoms. The van der Waals surface area contributed by atoms with Gasteiger partial charge in [0.2, 0.25) is 0 Å². The molecule has 0 atom stereocenters. The standard InChI is InChI=1S/C15H20ClNO2/c1-3-17(4-2)11-12-19-15(18)10-9-13-7-5-6-8-14(13)16/h5-10H,3-4,11-12H2,1-2H3/b10-9+. The first-order valence-electron chi connectivity index (χ1n) is 6.49. The molecular formula is C15H20ClNO2. The molecule has 0 aromatic heterocycles.